The number of rotatable bonds is 4. The van der Waals surface area contributed by atoms with E-state index in [9.17, 15) is 5.11 Å². The van der Waals surface area contributed by atoms with Crippen LogP contribution in [0.4, 0.5) is 0 Å². The summed E-state index contributed by atoms with van der Waals surface area (Å²) in [6.45, 7) is 7.83. The molecule has 64 valence electrons. The molecule has 0 aromatic heterocycles. The molecular weight excluding hydrogens is 136 g/mol. The highest BCUT2D eigenvalue weighted by atomic mass is 16.3. The molecule has 1 heteroatoms. The topological polar surface area (TPSA) is 20.2 Å². The first kappa shape index (κ1) is 8.79. The molecule has 1 aliphatic carbocycles. The van der Waals surface area contributed by atoms with Crippen LogP contribution in [0.15, 0.2) is 12.2 Å². The summed E-state index contributed by atoms with van der Waals surface area (Å²) in [5, 5.41) is 9.43. The van der Waals surface area contributed by atoms with Crippen molar-refractivity contribution in [2.24, 2.45) is 5.41 Å². The molecule has 0 radical (unpaired) electrons. The molecule has 0 saturated heterocycles. The van der Waals surface area contributed by atoms with E-state index in [2.05, 4.69) is 13.5 Å². The van der Waals surface area contributed by atoms with Crippen LogP contribution in [-0.2, 0) is 0 Å². The van der Waals surface area contributed by atoms with Crippen LogP contribution < -0.4 is 0 Å². The van der Waals surface area contributed by atoms with E-state index in [1.165, 1.54) is 18.4 Å². The normalized spacial score (nSPS) is 22.8. The van der Waals surface area contributed by atoms with Gasteiger partial charge in [0.25, 0.3) is 0 Å². The maximum Gasteiger partial charge on any atom is 0.0568 e. The summed E-state index contributed by atoms with van der Waals surface area (Å²) < 4.78 is 0. The number of aliphatic hydroxyl groups excluding tert-OH is 1. The maximum atomic E-state index is 9.43. The molecule has 0 aromatic carbocycles. The number of hydrogen-bond acceptors (Lipinski definition) is 1. The molecule has 0 spiro atoms. The Morgan fingerprint density at radius 2 is 2.18 bits per heavy atom. The van der Waals surface area contributed by atoms with E-state index in [0.717, 1.165) is 12.8 Å². The van der Waals surface area contributed by atoms with E-state index in [1.54, 1.807) is 0 Å². The fraction of sp³-hybridized carbons (Fsp3) is 0.800. The van der Waals surface area contributed by atoms with Gasteiger partial charge in [-0.05, 0) is 44.9 Å². The Kier molecular flexibility index (Phi) is 2.38. The molecule has 1 fully saturated rings. The largest absolute Gasteiger partial charge is 0.393 e. The number of hydrogen-bond donors (Lipinski definition) is 1. The van der Waals surface area contributed by atoms with Crippen molar-refractivity contribution in [2.45, 2.75) is 45.6 Å². The molecule has 1 nitrogen and oxygen atoms in total. The lowest BCUT2D eigenvalue weighted by Gasteiger charge is -2.17. The lowest BCUT2D eigenvalue weighted by Crippen LogP contribution is -2.17. The summed E-state index contributed by atoms with van der Waals surface area (Å²) in [4.78, 5) is 0. The molecule has 0 amide bonds. The molecule has 1 saturated carbocycles. The molecule has 0 heterocycles. The van der Waals surface area contributed by atoms with Gasteiger partial charge < -0.3 is 5.11 Å². The fourth-order valence-corrected chi connectivity index (χ4v) is 1.50. The Balaban J connectivity index is 2.30. The Bertz CT molecular complexity index is 154. The van der Waals surface area contributed by atoms with Crippen LogP contribution in [0.5, 0.6) is 0 Å². The van der Waals surface area contributed by atoms with Crippen molar-refractivity contribution in [1.29, 1.82) is 0 Å². The van der Waals surface area contributed by atoms with Crippen molar-refractivity contribution < 1.29 is 5.11 Å². The van der Waals surface area contributed by atoms with Crippen LogP contribution in [0, 0.1) is 5.41 Å². The third-order valence-electron chi connectivity index (χ3n) is 2.83. The van der Waals surface area contributed by atoms with Crippen LogP contribution in [0.25, 0.3) is 0 Å². The van der Waals surface area contributed by atoms with E-state index in [1.807, 2.05) is 6.92 Å². The number of aliphatic hydroxyl groups is 1. The average Bonchev–Trinajstić information content (AvgIpc) is 2.63. The average molecular weight is 154 g/mol. The van der Waals surface area contributed by atoms with E-state index >= 15 is 0 Å². The predicted molar refractivity (Wildman–Crippen MR) is 47.4 cm³/mol. The molecule has 1 rings (SSSR count). The summed E-state index contributed by atoms with van der Waals surface area (Å²) in [7, 11) is 0. The molecule has 0 aliphatic heterocycles. The second kappa shape index (κ2) is 2.98. The van der Waals surface area contributed by atoms with Gasteiger partial charge in [0, 0.05) is 0 Å². The molecule has 0 aromatic rings. The third-order valence-corrected chi connectivity index (χ3v) is 2.83. The molecule has 0 bridgehead atoms. The number of allylic oxidation sites excluding steroid dienone is 1. The molecule has 1 aliphatic rings. The molecule has 1 atom stereocenters. The van der Waals surface area contributed by atoms with Gasteiger partial charge in [-0.25, -0.2) is 0 Å². The smallest absolute Gasteiger partial charge is 0.0568 e. The zero-order valence-corrected chi connectivity index (χ0v) is 7.56. The van der Waals surface area contributed by atoms with Crippen molar-refractivity contribution >= 4 is 0 Å². The van der Waals surface area contributed by atoms with Gasteiger partial charge in [-0.2, -0.15) is 0 Å². The highest BCUT2D eigenvalue weighted by Gasteiger charge is 2.45. The van der Waals surface area contributed by atoms with Crippen molar-refractivity contribution in [2.75, 3.05) is 0 Å². The first-order valence-corrected chi connectivity index (χ1v) is 4.39. The lowest BCUT2D eigenvalue weighted by atomic mass is 9.93. The Morgan fingerprint density at radius 1 is 1.64 bits per heavy atom. The minimum Gasteiger partial charge on any atom is -0.393 e. The van der Waals surface area contributed by atoms with E-state index in [4.69, 9.17) is 0 Å². The maximum absolute atomic E-state index is 9.43. The Morgan fingerprint density at radius 3 is 2.45 bits per heavy atom. The second-order valence-electron chi connectivity index (χ2n) is 4.00. The van der Waals surface area contributed by atoms with Crippen molar-refractivity contribution in [3.8, 4) is 0 Å². The van der Waals surface area contributed by atoms with E-state index in [0.29, 0.717) is 0 Å². The van der Waals surface area contributed by atoms with Gasteiger partial charge >= 0.3 is 0 Å². The van der Waals surface area contributed by atoms with Crippen LogP contribution >= 0.6 is 0 Å². The van der Waals surface area contributed by atoms with Gasteiger partial charge in [0.2, 0.25) is 0 Å². The highest BCUT2D eigenvalue weighted by molar-refractivity contribution is 5.00. The SMILES string of the molecule is C=C(C)CCC1(C(C)O)CC1. The molecule has 11 heavy (non-hydrogen) atoms. The predicted octanol–water partition coefficient (Wildman–Crippen LogP) is 2.50. The monoisotopic (exact) mass is 154 g/mol. The zero-order valence-electron chi connectivity index (χ0n) is 7.56. The van der Waals surface area contributed by atoms with Gasteiger partial charge in [-0.1, -0.05) is 5.57 Å². The Labute approximate surface area is 69.1 Å². The molecule has 1 unspecified atom stereocenters. The minimum absolute atomic E-state index is 0.123. The van der Waals surface area contributed by atoms with Gasteiger partial charge in [0.1, 0.15) is 0 Å². The third kappa shape index (κ3) is 2.06. The quantitative estimate of drug-likeness (QED) is 0.617. The standard InChI is InChI=1S/C10H18O/c1-8(2)4-5-10(6-7-10)9(3)11/h9,11H,1,4-7H2,2-3H3. The van der Waals surface area contributed by atoms with E-state index in [-0.39, 0.29) is 11.5 Å². The van der Waals surface area contributed by atoms with Crippen LogP contribution in [0.1, 0.15) is 39.5 Å². The first-order chi connectivity index (χ1) is 5.07. The summed E-state index contributed by atoms with van der Waals surface area (Å²) >= 11 is 0. The summed E-state index contributed by atoms with van der Waals surface area (Å²) in [6, 6.07) is 0. The van der Waals surface area contributed by atoms with E-state index < -0.39 is 0 Å². The second-order valence-corrected chi connectivity index (χ2v) is 4.00. The van der Waals surface area contributed by atoms with Crippen molar-refractivity contribution in [1.82, 2.24) is 0 Å². The van der Waals surface area contributed by atoms with Gasteiger partial charge in [0.15, 0.2) is 0 Å². The first-order valence-electron chi connectivity index (χ1n) is 4.39. The van der Waals surface area contributed by atoms with Gasteiger partial charge in [-0.15, -0.1) is 6.58 Å². The van der Waals surface area contributed by atoms with Crippen LogP contribution in [0.3, 0.4) is 0 Å². The van der Waals surface area contributed by atoms with Crippen molar-refractivity contribution in [3.63, 3.8) is 0 Å². The zero-order chi connectivity index (χ0) is 8.48. The summed E-state index contributed by atoms with van der Waals surface area (Å²) in [5.41, 5.74) is 1.51. The summed E-state index contributed by atoms with van der Waals surface area (Å²) in [6.07, 6.45) is 4.49. The van der Waals surface area contributed by atoms with Crippen molar-refractivity contribution in [3.05, 3.63) is 12.2 Å². The van der Waals surface area contributed by atoms with Crippen LogP contribution in [-0.4, -0.2) is 11.2 Å². The molecule has 1 N–H and O–H groups in total. The van der Waals surface area contributed by atoms with Gasteiger partial charge in [-0.3, -0.25) is 0 Å². The lowest BCUT2D eigenvalue weighted by molar-refractivity contribution is 0.105. The molecular formula is C10H18O. The summed E-state index contributed by atoms with van der Waals surface area (Å²) in [5.74, 6) is 0. The van der Waals surface area contributed by atoms with Gasteiger partial charge in [0.05, 0.1) is 6.10 Å². The minimum atomic E-state index is -0.123. The Hall–Kier alpha value is -0.300. The highest BCUT2D eigenvalue weighted by Crippen LogP contribution is 2.52. The fourth-order valence-electron chi connectivity index (χ4n) is 1.50. The van der Waals surface area contributed by atoms with Crippen LogP contribution in [0.2, 0.25) is 0 Å².